The maximum absolute atomic E-state index is 10.3. The van der Waals surface area contributed by atoms with Crippen molar-refractivity contribution >= 4 is 43.6 Å². The second-order valence-corrected chi connectivity index (χ2v) is 20.9. The van der Waals surface area contributed by atoms with Crippen LogP contribution < -0.4 is 0 Å². The number of rotatable bonds is 7. The van der Waals surface area contributed by atoms with E-state index in [1.165, 1.54) is 111 Å². The lowest BCUT2D eigenvalue weighted by atomic mass is 9.97. The minimum Gasteiger partial charge on any atom is -0.309 e. The van der Waals surface area contributed by atoms with Gasteiger partial charge >= 0.3 is 0 Å². The summed E-state index contributed by atoms with van der Waals surface area (Å²) in [6.07, 6.45) is 0. The monoisotopic (exact) mass is 939 g/mol. The molecule has 0 saturated heterocycles. The molecule has 73 heavy (non-hydrogen) atoms. The molecule has 12 rings (SSSR count). The van der Waals surface area contributed by atoms with Gasteiger partial charge in [-0.2, -0.15) is 5.26 Å². The van der Waals surface area contributed by atoms with E-state index in [-0.39, 0.29) is 0 Å². The molecule has 2 heterocycles. The Kier molecular flexibility index (Phi) is 10.9. The van der Waals surface area contributed by atoms with E-state index in [2.05, 4.69) is 241 Å². The lowest BCUT2D eigenvalue weighted by molar-refractivity contribution is 1.10. The van der Waals surface area contributed by atoms with Crippen molar-refractivity contribution in [3.63, 3.8) is 0 Å². The van der Waals surface area contributed by atoms with Crippen LogP contribution in [-0.4, -0.2) is 9.13 Å². The molecule has 3 heteroatoms. The Morgan fingerprint density at radius 2 is 0.644 bits per heavy atom. The Balaban J connectivity index is 1.17. The molecule has 2 aromatic heterocycles. The zero-order valence-electron chi connectivity index (χ0n) is 43.2. The standard InChI is InChI=1S/C70H57N3/c1-41-23-42(2)28-56(27-41)51-13-18-66-61(36-51)62-37-52(57-29-43(3)24-44(4)30-57)14-19-67(62)72(66)65-22-17-60(55-12-10-11-50(35-55)40-71)70(49(65)9)73-68-20-15-53(58-31-45(5)25-46(6)32-58)38-63(68)64-39-54(16-21-69(64)73)59-33-47(7)26-48(8)34-59/h10-39H,1-9H3. The third kappa shape index (κ3) is 8.01. The molecular weight excluding hydrogens is 883 g/mol. The summed E-state index contributed by atoms with van der Waals surface area (Å²) < 4.78 is 4.98. The Bertz CT molecular complexity index is 4020. The molecule has 0 spiro atoms. The predicted octanol–water partition coefficient (Wildman–Crippen LogP) is 18.9. The topological polar surface area (TPSA) is 33.6 Å². The summed E-state index contributed by atoms with van der Waals surface area (Å²) in [5.41, 5.74) is 30.2. The van der Waals surface area contributed by atoms with Crippen molar-refractivity contribution in [3.05, 3.63) is 238 Å². The lowest BCUT2D eigenvalue weighted by Gasteiger charge is -2.21. The predicted molar refractivity (Wildman–Crippen MR) is 310 cm³/mol. The van der Waals surface area contributed by atoms with Gasteiger partial charge in [0.1, 0.15) is 0 Å². The molecule has 0 atom stereocenters. The number of aromatic nitrogens is 2. The Morgan fingerprint density at radius 1 is 0.301 bits per heavy atom. The van der Waals surface area contributed by atoms with Gasteiger partial charge in [-0.05, 0) is 185 Å². The van der Waals surface area contributed by atoms with Gasteiger partial charge in [0.05, 0.1) is 45.1 Å². The van der Waals surface area contributed by atoms with E-state index in [0.717, 1.165) is 50.1 Å². The first kappa shape index (κ1) is 45.4. The van der Waals surface area contributed by atoms with Crippen LogP contribution in [0.4, 0.5) is 0 Å². The summed E-state index contributed by atoms with van der Waals surface area (Å²) in [5, 5.41) is 15.1. The van der Waals surface area contributed by atoms with Crippen LogP contribution in [0.25, 0.3) is 111 Å². The molecule has 0 aliphatic heterocycles. The summed E-state index contributed by atoms with van der Waals surface area (Å²) in [5.74, 6) is 0. The number of nitrogens with zero attached hydrogens (tertiary/aromatic N) is 3. The molecule has 0 fully saturated rings. The van der Waals surface area contributed by atoms with Crippen molar-refractivity contribution in [2.75, 3.05) is 0 Å². The molecule has 0 aliphatic carbocycles. The zero-order valence-corrected chi connectivity index (χ0v) is 43.2. The fourth-order valence-corrected chi connectivity index (χ4v) is 12.0. The SMILES string of the molecule is Cc1cc(C)cc(-c2ccc3c(c2)c2cc(-c4cc(C)cc(C)c4)ccc2n3-c2ccc(-c3cccc(C#N)c3)c(-n3c4ccc(-c5cc(C)cc(C)c5)cc4c4cc(-c5cc(C)cc(C)c5)ccc43)c2C)c1. The third-order valence-electron chi connectivity index (χ3n) is 14.9. The maximum atomic E-state index is 10.3. The number of fused-ring (bicyclic) bond motifs is 6. The van der Waals surface area contributed by atoms with Crippen LogP contribution in [-0.2, 0) is 0 Å². The first-order valence-electron chi connectivity index (χ1n) is 25.4. The molecule has 0 radical (unpaired) electrons. The van der Waals surface area contributed by atoms with Gasteiger partial charge in [0.2, 0.25) is 0 Å². The van der Waals surface area contributed by atoms with Gasteiger partial charge in [-0.25, -0.2) is 0 Å². The van der Waals surface area contributed by atoms with Crippen LogP contribution in [0.5, 0.6) is 0 Å². The minimum atomic E-state index is 0.630. The Hall–Kier alpha value is -8.71. The van der Waals surface area contributed by atoms with Crippen LogP contribution in [0.2, 0.25) is 0 Å². The number of benzene rings is 10. The number of nitriles is 1. The largest absolute Gasteiger partial charge is 0.309 e. The van der Waals surface area contributed by atoms with Crippen molar-refractivity contribution in [3.8, 4) is 73.1 Å². The van der Waals surface area contributed by atoms with Crippen LogP contribution in [0.1, 0.15) is 55.6 Å². The first-order chi connectivity index (χ1) is 35.3. The van der Waals surface area contributed by atoms with Gasteiger partial charge in [0, 0.05) is 27.1 Å². The van der Waals surface area contributed by atoms with Crippen LogP contribution >= 0.6 is 0 Å². The van der Waals surface area contributed by atoms with E-state index in [1.807, 2.05) is 18.2 Å². The van der Waals surface area contributed by atoms with E-state index in [4.69, 9.17) is 0 Å². The van der Waals surface area contributed by atoms with Crippen molar-refractivity contribution < 1.29 is 0 Å². The van der Waals surface area contributed by atoms with Gasteiger partial charge in [0.25, 0.3) is 0 Å². The molecule has 0 saturated carbocycles. The molecule has 3 nitrogen and oxygen atoms in total. The highest BCUT2D eigenvalue weighted by atomic mass is 15.0. The number of aryl methyl sites for hydroxylation is 8. The summed E-state index contributed by atoms with van der Waals surface area (Å²) in [6.45, 7) is 19.7. The fourth-order valence-electron chi connectivity index (χ4n) is 12.0. The molecule has 10 aromatic carbocycles. The van der Waals surface area contributed by atoms with E-state index in [9.17, 15) is 5.26 Å². The summed E-state index contributed by atoms with van der Waals surface area (Å²) in [7, 11) is 0. The zero-order chi connectivity index (χ0) is 50.4. The summed E-state index contributed by atoms with van der Waals surface area (Å²) in [4.78, 5) is 0. The molecule has 0 unspecified atom stereocenters. The van der Waals surface area contributed by atoms with Crippen molar-refractivity contribution in [2.24, 2.45) is 0 Å². The number of hydrogen-bond donors (Lipinski definition) is 0. The normalized spacial score (nSPS) is 11.6. The Morgan fingerprint density at radius 3 is 0.986 bits per heavy atom. The summed E-state index contributed by atoms with van der Waals surface area (Å²) >= 11 is 0. The summed E-state index contributed by atoms with van der Waals surface area (Å²) in [6, 6.07) is 70.5. The molecule has 0 amide bonds. The van der Waals surface area contributed by atoms with Gasteiger partial charge in [-0.15, -0.1) is 0 Å². The highest BCUT2D eigenvalue weighted by Gasteiger charge is 2.24. The highest BCUT2D eigenvalue weighted by molar-refractivity contribution is 6.14. The van der Waals surface area contributed by atoms with E-state index >= 15 is 0 Å². The van der Waals surface area contributed by atoms with Crippen molar-refractivity contribution in [1.29, 1.82) is 5.26 Å². The molecule has 12 aromatic rings. The van der Waals surface area contributed by atoms with E-state index in [1.54, 1.807) is 0 Å². The maximum Gasteiger partial charge on any atom is 0.0991 e. The number of hydrogen-bond acceptors (Lipinski definition) is 1. The fraction of sp³-hybridized carbons (Fsp3) is 0.129. The molecule has 0 bridgehead atoms. The van der Waals surface area contributed by atoms with Crippen LogP contribution in [0, 0.1) is 73.6 Å². The smallest absolute Gasteiger partial charge is 0.0991 e. The minimum absolute atomic E-state index is 0.630. The van der Waals surface area contributed by atoms with Gasteiger partial charge < -0.3 is 9.13 Å². The lowest BCUT2D eigenvalue weighted by Crippen LogP contribution is -2.06. The molecule has 352 valence electrons. The Labute approximate surface area is 428 Å². The first-order valence-corrected chi connectivity index (χ1v) is 25.4. The van der Waals surface area contributed by atoms with Crippen LogP contribution in [0.3, 0.4) is 0 Å². The van der Waals surface area contributed by atoms with Gasteiger partial charge in [-0.3, -0.25) is 0 Å². The van der Waals surface area contributed by atoms with Gasteiger partial charge in [-0.1, -0.05) is 160 Å². The highest BCUT2D eigenvalue weighted by Crippen LogP contribution is 2.45. The van der Waals surface area contributed by atoms with Crippen LogP contribution in [0.15, 0.2) is 182 Å². The average Bonchev–Trinajstić information content (AvgIpc) is 3.86. The third-order valence-corrected chi connectivity index (χ3v) is 14.9. The van der Waals surface area contributed by atoms with Crippen molar-refractivity contribution in [1.82, 2.24) is 9.13 Å². The quantitative estimate of drug-likeness (QED) is 0.157. The van der Waals surface area contributed by atoms with E-state index < -0.39 is 0 Å². The van der Waals surface area contributed by atoms with Crippen molar-refractivity contribution in [2.45, 2.75) is 62.3 Å². The molecule has 0 aliphatic rings. The van der Waals surface area contributed by atoms with E-state index in [0.29, 0.717) is 5.56 Å². The average molecular weight is 940 g/mol. The molecule has 0 N–H and O–H groups in total. The van der Waals surface area contributed by atoms with Gasteiger partial charge in [0.15, 0.2) is 0 Å². The molecular formula is C70H57N3. The second kappa shape index (κ2) is 17.5. The second-order valence-electron chi connectivity index (χ2n) is 20.9.